The topological polar surface area (TPSA) is 66.8 Å². The summed E-state index contributed by atoms with van der Waals surface area (Å²) in [5.74, 6) is -0.429. The zero-order valence-electron chi connectivity index (χ0n) is 10.5. The molecule has 0 spiro atoms. The third-order valence-corrected chi connectivity index (χ3v) is 3.56. The second kappa shape index (κ2) is 7.77. The molecule has 0 aliphatic carbocycles. The quantitative estimate of drug-likeness (QED) is 0.546. The molecule has 2 N–H and O–H groups in total. The number of thiol groups is 1. The van der Waals surface area contributed by atoms with Crippen molar-refractivity contribution >= 4 is 34.5 Å². The van der Waals surface area contributed by atoms with Gasteiger partial charge >= 0.3 is 5.97 Å². The van der Waals surface area contributed by atoms with Gasteiger partial charge in [-0.05, 0) is 30.5 Å². The molecule has 2 atom stereocenters. The first-order chi connectivity index (χ1) is 8.95. The number of benzene rings is 1. The summed E-state index contributed by atoms with van der Waals surface area (Å²) < 4.78 is 5.69. The molecule has 0 fully saturated rings. The van der Waals surface area contributed by atoms with E-state index in [1.807, 2.05) is 6.92 Å². The molecular weight excluding hydrogens is 332 g/mol. The summed E-state index contributed by atoms with van der Waals surface area (Å²) in [6.45, 7) is 2.06. The minimum Gasteiger partial charge on any atom is -0.508 e. The Morgan fingerprint density at radius 2 is 2.21 bits per heavy atom. The van der Waals surface area contributed by atoms with Gasteiger partial charge < -0.3 is 14.9 Å². The van der Waals surface area contributed by atoms with Gasteiger partial charge in [-0.2, -0.15) is 12.6 Å². The summed E-state index contributed by atoms with van der Waals surface area (Å²) in [7, 11) is 0. The van der Waals surface area contributed by atoms with Crippen LogP contribution in [0, 0.1) is 5.92 Å². The maximum Gasteiger partial charge on any atom is 0.315 e. The molecule has 19 heavy (non-hydrogen) atoms. The number of hydrogen-bond donors (Lipinski definition) is 3. The van der Waals surface area contributed by atoms with Crippen molar-refractivity contribution in [3.05, 3.63) is 28.2 Å². The van der Waals surface area contributed by atoms with Gasteiger partial charge in [-0.1, -0.05) is 22.9 Å². The first-order valence-corrected chi connectivity index (χ1v) is 7.31. The van der Waals surface area contributed by atoms with Crippen molar-refractivity contribution in [1.82, 2.24) is 0 Å². The third-order valence-electron chi connectivity index (χ3n) is 2.81. The summed E-state index contributed by atoms with van der Waals surface area (Å²) >= 11 is 7.10. The lowest BCUT2D eigenvalue weighted by molar-refractivity contribution is -0.141. The first kappa shape index (κ1) is 16.3. The van der Waals surface area contributed by atoms with E-state index in [2.05, 4.69) is 28.6 Å². The Balaban J connectivity index is 2.58. The van der Waals surface area contributed by atoms with Crippen LogP contribution >= 0.6 is 28.6 Å². The summed E-state index contributed by atoms with van der Waals surface area (Å²) in [5, 5.41) is 19.9. The van der Waals surface area contributed by atoms with Crippen LogP contribution in [-0.4, -0.2) is 28.5 Å². The van der Waals surface area contributed by atoms with Crippen molar-refractivity contribution in [2.75, 3.05) is 12.4 Å². The Morgan fingerprint density at radius 3 is 2.84 bits per heavy atom. The van der Waals surface area contributed by atoms with Crippen LogP contribution in [-0.2, 0) is 9.53 Å². The minimum absolute atomic E-state index is 0.0450. The minimum atomic E-state index is -0.813. The number of aliphatic hydroxyl groups is 1. The highest BCUT2D eigenvalue weighted by Crippen LogP contribution is 2.32. The van der Waals surface area contributed by atoms with Crippen molar-refractivity contribution in [3.63, 3.8) is 0 Å². The summed E-state index contributed by atoms with van der Waals surface area (Å²) in [6, 6.07) is 4.90. The lowest BCUT2D eigenvalue weighted by Gasteiger charge is -2.20. The number of carbonyl (C=O) groups excluding carboxylic acids is 1. The molecule has 0 amide bonds. The molecule has 106 valence electrons. The molecule has 0 unspecified atom stereocenters. The van der Waals surface area contributed by atoms with E-state index in [0.29, 0.717) is 12.0 Å². The maximum atomic E-state index is 10.9. The number of hydrogen-bond acceptors (Lipinski definition) is 5. The Morgan fingerprint density at radius 1 is 1.53 bits per heavy atom. The average molecular weight is 349 g/mol. The highest BCUT2D eigenvalue weighted by molar-refractivity contribution is 9.10. The summed E-state index contributed by atoms with van der Waals surface area (Å²) in [4.78, 5) is 10.9. The lowest BCUT2D eigenvalue weighted by Crippen LogP contribution is -2.14. The van der Waals surface area contributed by atoms with E-state index in [0.717, 1.165) is 4.47 Å². The number of rotatable bonds is 6. The molecule has 6 heteroatoms. The molecule has 1 aromatic carbocycles. The number of aromatic hydroxyl groups is 1. The molecule has 1 aromatic rings. The van der Waals surface area contributed by atoms with Crippen molar-refractivity contribution in [1.29, 1.82) is 0 Å². The van der Waals surface area contributed by atoms with Crippen LogP contribution in [0.5, 0.6) is 5.75 Å². The van der Waals surface area contributed by atoms with Crippen LogP contribution in [0.25, 0.3) is 0 Å². The SMILES string of the molecule is C[C@H](CCOC(=O)CS)[C@@H](O)c1cc(Br)ccc1O. The van der Waals surface area contributed by atoms with Crippen LogP contribution in [0.4, 0.5) is 0 Å². The van der Waals surface area contributed by atoms with E-state index in [1.54, 1.807) is 12.1 Å². The molecule has 0 saturated heterocycles. The van der Waals surface area contributed by atoms with Crippen LogP contribution in [0.2, 0.25) is 0 Å². The zero-order valence-corrected chi connectivity index (χ0v) is 13.0. The van der Waals surface area contributed by atoms with Gasteiger partial charge in [0.1, 0.15) is 5.75 Å². The predicted molar refractivity (Wildman–Crippen MR) is 79.4 cm³/mol. The number of carbonyl (C=O) groups is 1. The molecule has 1 rings (SSSR count). The standard InChI is InChI=1S/C13H17BrO4S/c1-8(4-5-18-12(16)7-19)13(17)10-6-9(14)2-3-11(10)15/h2-3,6,8,13,15,17,19H,4-5,7H2,1H3/t8-,13-/m1/s1. The lowest BCUT2D eigenvalue weighted by atomic mass is 9.94. The Kier molecular flexibility index (Phi) is 6.68. The smallest absolute Gasteiger partial charge is 0.315 e. The largest absolute Gasteiger partial charge is 0.508 e. The molecule has 0 radical (unpaired) electrons. The van der Waals surface area contributed by atoms with Crippen LogP contribution in [0.15, 0.2) is 22.7 Å². The second-order valence-electron chi connectivity index (χ2n) is 4.29. The number of phenolic OH excluding ortho intramolecular Hbond substituents is 1. The Hall–Kier alpha value is -0.720. The second-order valence-corrected chi connectivity index (χ2v) is 5.52. The molecular formula is C13H17BrO4S. The van der Waals surface area contributed by atoms with Gasteiger partial charge in [0.2, 0.25) is 0 Å². The van der Waals surface area contributed by atoms with E-state index in [9.17, 15) is 15.0 Å². The fraction of sp³-hybridized carbons (Fsp3) is 0.462. The molecule has 0 aliphatic heterocycles. The van der Waals surface area contributed by atoms with Crippen LogP contribution < -0.4 is 0 Å². The highest BCUT2D eigenvalue weighted by Gasteiger charge is 2.20. The fourth-order valence-electron chi connectivity index (χ4n) is 1.63. The number of esters is 1. The number of halogens is 1. The number of phenols is 1. The van der Waals surface area contributed by atoms with Gasteiger partial charge in [0.25, 0.3) is 0 Å². The van der Waals surface area contributed by atoms with E-state index in [-0.39, 0.29) is 30.0 Å². The van der Waals surface area contributed by atoms with Gasteiger partial charge in [0.15, 0.2) is 0 Å². The molecule has 0 aromatic heterocycles. The Bertz CT molecular complexity index is 439. The van der Waals surface area contributed by atoms with E-state index in [4.69, 9.17) is 4.74 Å². The summed E-state index contributed by atoms with van der Waals surface area (Å²) in [6.07, 6.45) is -0.306. The van der Waals surface area contributed by atoms with E-state index >= 15 is 0 Å². The first-order valence-electron chi connectivity index (χ1n) is 5.88. The summed E-state index contributed by atoms with van der Waals surface area (Å²) in [5.41, 5.74) is 0.461. The van der Waals surface area contributed by atoms with Crippen LogP contribution in [0.1, 0.15) is 25.0 Å². The molecule has 0 heterocycles. The average Bonchev–Trinajstić information content (AvgIpc) is 2.40. The fourth-order valence-corrected chi connectivity index (χ4v) is 2.10. The van der Waals surface area contributed by atoms with E-state index < -0.39 is 6.10 Å². The molecule has 4 nitrogen and oxygen atoms in total. The molecule has 0 aliphatic rings. The van der Waals surface area contributed by atoms with Crippen molar-refractivity contribution in [2.45, 2.75) is 19.4 Å². The van der Waals surface area contributed by atoms with Crippen molar-refractivity contribution in [2.24, 2.45) is 5.92 Å². The number of aliphatic hydroxyl groups excluding tert-OH is 1. The van der Waals surface area contributed by atoms with Crippen molar-refractivity contribution < 1.29 is 19.7 Å². The van der Waals surface area contributed by atoms with Gasteiger partial charge in [0, 0.05) is 10.0 Å². The molecule has 0 saturated carbocycles. The van der Waals surface area contributed by atoms with Gasteiger partial charge in [-0.3, -0.25) is 4.79 Å². The van der Waals surface area contributed by atoms with Gasteiger partial charge in [-0.15, -0.1) is 0 Å². The predicted octanol–water partition coefficient (Wildman–Crippen LogP) is 2.69. The van der Waals surface area contributed by atoms with E-state index in [1.165, 1.54) is 6.07 Å². The van der Waals surface area contributed by atoms with Crippen LogP contribution in [0.3, 0.4) is 0 Å². The molecule has 0 bridgehead atoms. The van der Waals surface area contributed by atoms with Gasteiger partial charge in [0.05, 0.1) is 18.5 Å². The maximum absolute atomic E-state index is 10.9. The Labute approximate surface area is 126 Å². The third kappa shape index (κ3) is 5.04. The zero-order chi connectivity index (χ0) is 14.4. The number of ether oxygens (including phenoxy) is 1. The normalized spacial score (nSPS) is 13.9. The monoisotopic (exact) mass is 348 g/mol. The van der Waals surface area contributed by atoms with Gasteiger partial charge in [-0.25, -0.2) is 0 Å². The highest BCUT2D eigenvalue weighted by atomic mass is 79.9. The van der Waals surface area contributed by atoms with Crippen molar-refractivity contribution in [3.8, 4) is 5.75 Å².